The first-order valence-electron chi connectivity index (χ1n) is 40.5. The summed E-state index contributed by atoms with van der Waals surface area (Å²) in [4.78, 5) is 28.1. The minimum absolute atomic E-state index is 0. The molecule has 0 aromatic heterocycles. The van der Waals surface area contributed by atoms with Gasteiger partial charge < -0.3 is 119 Å². The zero-order valence-electron chi connectivity index (χ0n) is 63.2. The molecular weight excluding hydrogens is 1600 g/mol. The Morgan fingerprint density at radius 1 is 0.434 bits per heavy atom. The number of hydrogen-bond acceptors (Lipinski definition) is 22. The maximum Gasteiger partial charge on any atom is 1.00 e. The summed E-state index contributed by atoms with van der Waals surface area (Å²) in [5, 5.41) is 21.3. The Bertz CT molecular complexity index is 2970. The number of aliphatic hydroxyl groups excluding tert-OH is 2. The van der Waals surface area contributed by atoms with E-state index in [1.165, 1.54) is 0 Å². The predicted octanol–water partition coefficient (Wildman–Crippen LogP) is 3.81. The van der Waals surface area contributed by atoms with E-state index in [0.717, 1.165) is 112 Å². The SMILES string of the molecule is C=C1CC2CCC34CC5OC6C(O3)C3OC(CCC3O[C@H]6C5O4)CC(=O)CC3C(CC4OC(CCC1O2)CC(C)C4=C)OC(CC(O)CC)C3OC.C=C1CC2CCC34CC5OC6C(O3)C3OC(CCC3O[C@H]6C5O4)CC(=O)CC3C(CC4OC(CCC1O2)CC(C)C4=C)OC(CC(O)CI)C3OC.[I-].[Na+]. The second kappa shape index (κ2) is 33.5. The second-order valence-electron chi connectivity index (χ2n) is 34.9. The molecule has 20 saturated heterocycles. The van der Waals surface area contributed by atoms with Crippen LogP contribution < -0.4 is 53.5 Å². The van der Waals surface area contributed by atoms with E-state index in [2.05, 4.69) is 62.8 Å². The molecule has 20 aliphatic heterocycles. The number of alkyl halides is 1. The van der Waals surface area contributed by atoms with Crippen molar-refractivity contribution in [2.75, 3.05) is 18.6 Å². The van der Waals surface area contributed by atoms with Gasteiger partial charge in [-0.3, -0.25) is 9.59 Å². The fourth-order valence-electron chi connectivity index (χ4n) is 22.6. The molecule has 36 unspecified atom stereocenters. The van der Waals surface area contributed by atoms with Crippen LogP contribution in [0.5, 0.6) is 0 Å². The second-order valence-corrected chi connectivity index (χ2v) is 35.8. The molecule has 106 heavy (non-hydrogen) atoms. The maximum absolute atomic E-state index is 14.1. The smallest absolute Gasteiger partial charge is 1.00 e. The third-order valence-electron chi connectivity index (χ3n) is 28.1. The van der Waals surface area contributed by atoms with Crippen LogP contribution in [0.2, 0.25) is 0 Å². The first-order valence-corrected chi connectivity index (χ1v) is 42.0. The number of halogens is 2. The minimum atomic E-state index is -0.773. The number of fused-ring (bicyclic) bond motifs is 12. The molecule has 25 heteroatoms. The van der Waals surface area contributed by atoms with Crippen molar-refractivity contribution < 1.29 is 159 Å². The zero-order chi connectivity index (χ0) is 71.8. The van der Waals surface area contributed by atoms with Crippen molar-refractivity contribution in [3.8, 4) is 0 Å². The Labute approximate surface area is 679 Å². The van der Waals surface area contributed by atoms with Crippen molar-refractivity contribution in [2.24, 2.45) is 23.7 Å². The molecule has 0 saturated carbocycles. The molecule has 0 aromatic rings. The Morgan fingerprint density at radius 3 is 1.25 bits per heavy atom. The number of aliphatic hydroxyl groups is 2. The summed E-state index contributed by atoms with van der Waals surface area (Å²) in [6.45, 7) is 24.3. The molecule has 22 nitrogen and oxygen atoms in total. The van der Waals surface area contributed by atoms with Gasteiger partial charge in [0.2, 0.25) is 0 Å². The molecular formula is C81H117I2NaO22. The molecule has 2 spiro atoms. The van der Waals surface area contributed by atoms with Crippen molar-refractivity contribution in [3.63, 3.8) is 0 Å². The normalized spacial score (nSPS) is 51.4. The van der Waals surface area contributed by atoms with Gasteiger partial charge in [0.25, 0.3) is 0 Å². The fourth-order valence-corrected chi connectivity index (χ4v) is 23.0. The Morgan fingerprint density at radius 2 is 0.821 bits per heavy atom. The molecule has 20 heterocycles. The number of ketones is 2. The van der Waals surface area contributed by atoms with Crippen LogP contribution in [-0.2, 0) is 94.9 Å². The van der Waals surface area contributed by atoms with Gasteiger partial charge in [-0.1, -0.05) is 69.7 Å². The van der Waals surface area contributed by atoms with Gasteiger partial charge in [0.1, 0.15) is 72.6 Å². The van der Waals surface area contributed by atoms with Crippen molar-refractivity contribution in [3.05, 3.63) is 48.6 Å². The zero-order valence-corrected chi connectivity index (χ0v) is 69.5. The average Bonchev–Trinajstić information content (AvgIpc) is 1.55. The third kappa shape index (κ3) is 16.1. The molecule has 2 N–H and O–H groups in total. The van der Waals surface area contributed by atoms with Crippen LogP contribution in [0.15, 0.2) is 48.6 Å². The molecule has 24 bridgehead atoms. The van der Waals surface area contributed by atoms with Crippen LogP contribution in [0.1, 0.15) is 194 Å². The Hall–Kier alpha value is -0.0400. The predicted molar refractivity (Wildman–Crippen MR) is 384 cm³/mol. The van der Waals surface area contributed by atoms with Gasteiger partial charge in [-0.2, -0.15) is 0 Å². The number of ether oxygens (including phenoxy) is 18. The molecule has 0 amide bonds. The van der Waals surface area contributed by atoms with Crippen LogP contribution in [0.3, 0.4) is 0 Å². The Balaban J connectivity index is 0.000000167. The van der Waals surface area contributed by atoms with Gasteiger partial charge in [-0.05, 0) is 130 Å². The molecule has 20 aliphatic rings. The molecule has 20 rings (SSSR count). The molecule has 20 fully saturated rings. The maximum atomic E-state index is 14.1. The summed E-state index contributed by atoms with van der Waals surface area (Å²) in [5.41, 5.74) is 4.45. The Kier molecular flexibility index (Phi) is 25.7. The first kappa shape index (κ1) is 81.1. The molecule has 0 aromatic carbocycles. The summed E-state index contributed by atoms with van der Waals surface area (Å²) in [5.74, 6) is -1.06. The number of methoxy groups -OCH3 is 2. The number of carbonyl (C=O) groups excluding carboxylic acids is 2. The average molecular weight is 1720 g/mol. The van der Waals surface area contributed by atoms with E-state index in [4.69, 9.17) is 85.3 Å². The summed E-state index contributed by atoms with van der Waals surface area (Å²) >= 11 is 2.20. The molecule has 0 aliphatic carbocycles. The number of hydrogen-bond donors (Lipinski definition) is 2. The molecule has 38 atom stereocenters. The number of Topliss-reactive ketones (excluding diaryl/α,β-unsaturated/α-hetero) is 2. The van der Waals surface area contributed by atoms with Crippen LogP contribution in [0, 0.1) is 23.7 Å². The number of rotatable bonds is 8. The van der Waals surface area contributed by atoms with E-state index in [-0.39, 0.29) is 260 Å². The topological polar surface area (TPSA) is 241 Å². The molecule has 0 radical (unpaired) electrons. The van der Waals surface area contributed by atoms with Crippen molar-refractivity contribution in [2.45, 2.75) is 401 Å². The summed E-state index contributed by atoms with van der Waals surface area (Å²) < 4.78 is 121. The van der Waals surface area contributed by atoms with E-state index in [1.807, 2.05) is 6.92 Å². The van der Waals surface area contributed by atoms with Crippen LogP contribution in [0.25, 0.3) is 0 Å². The van der Waals surface area contributed by atoms with Gasteiger partial charge in [0.05, 0.1) is 134 Å². The van der Waals surface area contributed by atoms with E-state index in [9.17, 15) is 19.8 Å². The quantitative estimate of drug-likeness (QED) is 0.152. The van der Waals surface area contributed by atoms with Crippen molar-refractivity contribution >= 4 is 34.2 Å². The van der Waals surface area contributed by atoms with Gasteiger partial charge in [-0.15, -0.1) is 0 Å². The van der Waals surface area contributed by atoms with E-state index >= 15 is 0 Å². The third-order valence-corrected chi connectivity index (χ3v) is 29.1. The molecule has 588 valence electrons. The van der Waals surface area contributed by atoms with Gasteiger partial charge in [0, 0.05) is 108 Å². The van der Waals surface area contributed by atoms with Crippen molar-refractivity contribution in [1.82, 2.24) is 0 Å². The largest absolute Gasteiger partial charge is 1.00 e. The van der Waals surface area contributed by atoms with Crippen molar-refractivity contribution in [1.29, 1.82) is 0 Å². The standard InChI is InChI=1S/C41H60O11.C40H57IO11.HI.Na/c1-6-23(42)17-33-35(44-5)28-16-24(43)15-26-8-10-30-36(47-26)40-39-38(49-30)37-34(50-39)19-41(51-37,52-40)12-11-27-14-21(3)29(45-27)9-7-25-13-20(2)22(4)31(46-25)18-32(28)48-33;1-19-11-24-5-7-28-20(2)12-26(45-28)9-10-40-17-33-36(51-40)37-38(50-33)39(52-40)35-29(49-37)8-6-25(47-35)13-22(42)14-27-31(16-30(46-24)21(19)3)48-32(34(27)44-4)15-23(43)18-41;;/h20,23,25-40,42H,3-4,6-19H2,1-2,5H3;19,23-39,43H,2-3,5-18H2,1,4H3;1H;/q;;;+1/p-1/t20?,23?,25?,26?,27?,28?,29?,30?,31?,32?,33?,34?,35?,36?,37?,38-,39?,40?,41?;19?,23?,24?,25?,26?,27?,28?,29?,30?,31?,32?,33?,34?,35?,36?,37-,38?,39?,40?;;/m00../s1. The number of carbonyl (C=O) groups is 2. The summed E-state index contributed by atoms with van der Waals surface area (Å²) in [7, 11) is 3.38. The van der Waals surface area contributed by atoms with Crippen LogP contribution >= 0.6 is 22.6 Å². The van der Waals surface area contributed by atoms with E-state index in [0.29, 0.717) is 99.7 Å². The summed E-state index contributed by atoms with van der Waals surface area (Å²) in [6.07, 6.45) is 12.0. The van der Waals surface area contributed by atoms with Gasteiger partial charge >= 0.3 is 29.6 Å². The van der Waals surface area contributed by atoms with Gasteiger partial charge in [0.15, 0.2) is 11.6 Å². The first-order chi connectivity index (χ1) is 50.2. The fraction of sp³-hybridized carbons (Fsp3) is 0.877. The van der Waals surface area contributed by atoms with E-state index in [1.54, 1.807) is 14.2 Å². The van der Waals surface area contributed by atoms with Crippen LogP contribution in [-0.4, -0.2) is 247 Å². The minimum Gasteiger partial charge on any atom is -1.00 e. The monoisotopic (exact) mass is 1720 g/mol. The summed E-state index contributed by atoms with van der Waals surface area (Å²) in [6, 6.07) is 0. The van der Waals surface area contributed by atoms with Gasteiger partial charge in [-0.25, -0.2) is 0 Å². The van der Waals surface area contributed by atoms with Crippen LogP contribution in [0.4, 0.5) is 0 Å². The van der Waals surface area contributed by atoms with E-state index < -0.39 is 23.8 Å².